The number of hydrogen-bond acceptors (Lipinski definition) is 4. The maximum atomic E-state index is 14.3. The number of halogens is 2. The van der Waals surface area contributed by atoms with E-state index >= 15 is 0 Å². The predicted octanol–water partition coefficient (Wildman–Crippen LogP) is 7.51. The number of ether oxygens (including phenoxy) is 2. The fourth-order valence-corrected chi connectivity index (χ4v) is 3.37. The zero-order chi connectivity index (χ0) is 24.2. The maximum Gasteiger partial charge on any atom is 0.343 e. The molecule has 180 valence electrons. The van der Waals surface area contributed by atoms with Gasteiger partial charge >= 0.3 is 11.9 Å². The minimum absolute atomic E-state index is 0.0192. The van der Waals surface area contributed by atoms with Crippen molar-refractivity contribution in [3.05, 3.63) is 59.4 Å². The lowest BCUT2D eigenvalue weighted by molar-refractivity contribution is -0.134. The summed E-state index contributed by atoms with van der Waals surface area (Å²) in [6, 6.07) is 10.9. The number of esters is 2. The highest BCUT2D eigenvalue weighted by Gasteiger charge is 2.23. The van der Waals surface area contributed by atoms with Gasteiger partial charge in [0.1, 0.15) is 11.1 Å². The quantitative estimate of drug-likeness (QED) is 0.130. The number of aryl methyl sites for hydroxylation is 1. The van der Waals surface area contributed by atoms with Crippen LogP contribution in [0.15, 0.2) is 42.5 Å². The molecule has 2 rings (SSSR count). The van der Waals surface area contributed by atoms with E-state index in [1.165, 1.54) is 56.2 Å². The van der Waals surface area contributed by atoms with Gasteiger partial charge in [0.2, 0.25) is 0 Å². The normalized spacial score (nSPS) is 11.9. The van der Waals surface area contributed by atoms with Gasteiger partial charge < -0.3 is 9.47 Å². The fourth-order valence-electron chi connectivity index (χ4n) is 3.32. The summed E-state index contributed by atoms with van der Waals surface area (Å²) in [6.07, 6.45) is 9.83. The monoisotopic (exact) mass is 476 g/mol. The molecular weight excluding hydrogens is 443 g/mol. The number of carbonyl (C=O) groups excluding carboxylic acids is 2. The van der Waals surface area contributed by atoms with Crippen molar-refractivity contribution in [2.45, 2.75) is 77.5 Å². The van der Waals surface area contributed by atoms with Crippen molar-refractivity contribution in [1.82, 2.24) is 0 Å². The summed E-state index contributed by atoms with van der Waals surface area (Å²) >= 11 is 5.94. The number of alkyl halides is 1. The lowest BCUT2D eigenvalue weighted by atomic mass is 10.0. The molecule has 0 spiro atoms. The maximum absolute atomic E-state index is 14.3. The van der Waals surface area contributed by atoms with Gasteiger partial charge in [0.25, 0.3) is 0 Å². The molecule has 1 unspecified atom stereocenters. The molecule has 0 N–H and O–H groups in total. The SMILES string of the molecule is CCCCCCCCCc1ccc(OC(=O)c2ccc(OC(=O)C(Cl)C(C)C)c(F)c2)cc1. The highest BCUT2D eigenvalue weighted by Crippen LogP contribution is 2.23. The number of benzene rings is 2. The third-order valence-electron chi connectivity index (χ3n) is 5.39. The molecule has 0 aliphatic carbocycles. The van der Waals surface area contributed by atoms with Gasteiger partial charge in [-0.1, -0.05) is 71.4 Å². The Balaban J connectivity index is 1.84. The second kappa shape index (κ2) is 14.0. The van der Waals surface area contributed by atoms with Gasteiger partial charge in [-0.25, -0.2) is 9.18 Å². The standard InChI is InChI=1S/C27H34ClFO4/c1-4-5-6-7-8-9-10-11-20-12-15-22(16-13-20)32-26(30)21-14-17-24(23(29)18-21)33-27(31)25(28)19(2)3/h12-19,25H,4-11H2,1-3H3. The average Bonchev–Trinajstić information content (AvgIpc) is 2.80. The van der Waals surface area contributed by atoms with E-state index in [2.05, 4.69) is 6.92 Å². The molecule has 0 aliphatic rings. The second-order valence-electron chi connectivity index (χ2n) is 8.62. The molecule has 1 atom stereocenters. The van der Waals surface area contributed by atoms with Crippen LogP contribution in [0.1, 0.15) is 81.6 Å². The summed E-state index contributed by atoms with van der Waals surface area (Å²) in [6.45, 7) is 5.74. The molecule has 4 nitrogen and oxygen atoms in total. The van der Waals surface area contributed by atoms with Gasteiger partial charge in [-0.05, 0) is 54.7 Å². The molecule has 0 saturated heterocycles. The number of carbonyl (C=O) groups is 2. The highest BCUT2D eigenvalue weighted by atomic mass is 35.5. The summed E-state index contributed by atoms with van der Waals surface area (Å²) in [7, 11) is 0. The largest absolute Gasteiger partial charge is 0.423 e. The molecule has 0 aromatic heterocycles. The van der Waals surface area contributed by atoms with Crippen molar-refractivity contribution in [2.24, 2.45) is 5.92 Å². The molecule has 2 aromatic rings. The van der Waals surface area contributed by atoms with Crippen LogP contribution in [0.25, 0.3) is 0 Å². The summed E-state index contributed by atoms with van der Waals surface area (Å²) < 4.78 is 24.7. The Kier molecular flexibility index (Phi) is 11.4. The number of unbranched alkanes of at least 4 members (excludes halogenated alkanes) is 6. The van der Waals surface area contributed by atoms with Crippen LogP contribution in [0.5, 0.6) is 11.5 Å². The van der Waals surface area contributed by atoms with Crippen LogP contribution in [-0.4, -0.2) is 17.3 Å². The molecular formula is C27H34ClFO4. The van der Waals surface area contributed by atoms with Crippen molar-refractivity contribution >= 4 is 23.5 Å². The molecule has 2 aromatic carbocycles. The molecule has 0 fully saturated rings. The molecule has 0 saturated carbocycles. The fraction of sp³-hybridized carbons (Fsp3) is 0.481. The van der Waals surface area contributed by atoms with Crippen LogP contribution in [0.4, 0.5) is 4.39 Å². The molecule has 0 bridgehead atoms. The molecule has 6 heteroatoms. The molecule has 33 heavy (non-hydrogen) atoms. The first kappa shape index (κ1) is 26.8. The van der Waals surface area contributed by atoms with Crippen LogP contribution >= 0.6 is 11.6 Å². The highest BCUT2D eigenvalue weighted by molar-refractivity contribution is 6.30. The lowest BCUT2D eigenvalue weighted by Gasteiger charge is -2.13. The Bertz CT molecular complexity index is 895. The van der Waals surface area contributed by atoms with Crippen LogP contribution < -0.4 is 9.47 Å². The van der Waals surface area contributed by atoms with Crippen molar-refractivity contribution in [3.63, 3.8) is 0 Å². The Hall–Kier alpha value is -2.40. The van der Waals surface area contributed by atoms with E-state index in [0.29, 0.717) is 5.75 Å². The van der Waals surface area contributed by atoms with E-state index < -0.39 is 23.1 Å². The Morgan fingerprint density at radius 2 is 1.55 bits per heavy atom. The van der Waals surface area contributed by atoms with Crippen molar-refractivity contribution in [3.8, 4) is 11.5 Å². The Morgan fingerprint density at radius 3 is 2.15 bits per heavy atom. The van der Waals surface area contributed by atoms with Gasteiger partial charge in [0, 0.05) is 0 Å². The van der Waals surface area contributed by atoms with E-state index in [9.17, 15) is 14.0 Å². The van der Waals surface area contributed by atoms with Gasteiger partial charge in [-0.15, -0.1) is 11.6 Å². The molecule has 0 amide bonds. The second-order valence-corrected chi connectivity index (χ2v) is 9.09. The van der Waals surface area contributed by atoms with Crippen molar-refractivity contribution in [1.29, 1.82) is 0 Å². The minimum Gasteiger partial charge on any atom is -0.423 e. The third-order valence-corrected chi connectivity index (χ3v) is 6.07. The Labute approximate surface area is 201 Å². The first-order valence-electron chi connectivity index (χ1n) is 11.8. The molecule has 0 aliphatic heterocycles. The van der Waals surface area contributed by atoms with Gasteiger partial charge in [0.05, 0.1) is 5.56 Å². The van der Waals surface area contributed by atoms with Crippen LogP contribution in [-0.2, 0) is 11.2 Å². The summed E-state index contributed by atoms with van der Waals surface area (Å²) in [5.74, 6) is -2.31. The zero-order valence-electron chi connectivity index (χ0n) is 19.7. The van der Waals surface area contributed by atoms with Gasteiger partial charge in [-0.2, -0.15) is 0 Å². The third kappa shape index (κ3) is 9.17. The van der Waals surface area contributed by atoms with Gasteiger partial charge in [-0.3, -0.25) is 4.79 Å². The zero-order valence-corrected chi connectivity index (χ0v) is 20.5. The predicted molar refractivity (Wildman–Crippen MR) is 130 cm³/mol. The first-order chi connectivity index (χ1) is 15.8. The van der Waals surface area contributed by atoms with Crippen molar-refractivity contribution < 1.29 is 23.5 Å². The van der Waals surface area contributed by atoms with Crippen LogP contribution in [0.3, 0.4) is 0 Å². The minimum atomic E-state index is -0.886. The average molecular weight is 477 g/mol. The van der Waals surface area contributed by atoms with Crippen molar-refractivity contribution in [2.75, 3.05) is 0 Å². The summed E-state index contributed by atoms with van der Waals surface area (Å²) in [5, 5.41) is -0.886. The summed E-state index contributed by atoms with van der Waals surface area (Å²) in [4.78, 5) is 24.3. The molecule has 0 radical (unpaired) electrons. The van der Waals surface area contributed by atoms with Crippen LogP contribution in [0, 0.1) is 11.7 Å². The van der Waals surface area contributed by atoms with E-state index in [0.717, 1.165) is 18.9 Å². The topological polar surface area (TPSA) is 52.6 Å². The van der Waals surface area contributed by atoms with Gasteiger partial charge in [0.15, 0.2) is 11.6 Å². The number of rotatable bonds is 13. The van der Waals surface area contributed by atoms with E-state index in [-0.39, 0.29) is 17.2 Å². The first-order valence-corrected chi connectivity index (χ1v) is 12.2. The lowest BCUT2D eigenvalue weighted by Crippen LogP contribution is -2.25. The number of hydrogen-bond donors (Lipinski definition) is 0. The smallest absolute Gasteiger partial charge is 0.343 e. The Morgan fingerprint density at radius 1 is 0.909 bits per heavy atom. The van der Waals surface area contributed by atoms with Crippen LogP contribution in [0.2, 0.25) is 0 Å². The summed E-state index contributed by atoms with van der Waals surface area (Å²) in [5.41, 5.74) is 1.21. The molecule has 0 heterocycles. The van der Waals surface area contributed by atoms with E-state index in [1.54, 1.807) is 26.0 Å². The van der Waals surface area contributed by atoms with E-state index in [1.807, 2.05) is 12.1 Å². The van der Waals surface area contributed by atoms with E-state index in [4.69, 9.17) is 21.1 Å².